The SMILES string of the molecule is CCCCCCc1sccc1C(=O)O. The average Bonchev–Trinajstić information content (AvgIpc) is 2.60. The number of rotatable bonds is 6. The quantitative estimate of drug-likeness (QED) is 0.732. The van der Waals surface area contributed by atoms with Gasteiger partial charge >= 0.3 is 5.97 Å². The van der Waals surface area contributed by atoms with Gasteiger partial charge in [0.05, 0.1) is 5.56 Å². The summed E-state index contributed by atoms with van der Waals surface area (Å²) < 4.78 is 0. The van der Waals surface area contributed by atoms with E-state index in [2.05, 4.69) is 6.92 Å². The Morgan fingerprint density at radius 1 is 1.43 bits per heavy atom. The zero-order chi connectivity index (χ0) is 10.4. The smallest absolute Gasteiger partial charge is 0.336 e. The lowest BCUT2D eigenvalue weighted by atomic mass is 10.1. The van der Waals surface area contributed by atoms with Gasteiger partial charge in [0, 0.05) is 4.88 Å². The molecule has 0 aliphatic carbocycles. The normalized spacial score (nSPS) is 10.4. The number of hydrogen-bond donors (Lipinski definition) is 1. The molecule has 0 aliphatic rings. The summed E-state index contributed by atoms with van der Waals surface area (Å²) in [6.07, 6.45) is 5.69. The number of thiophene rings is 1. The van der Waals surface area contributed by atoms with Gasteiger partial charge in [-0.3, -0.25) is 0 Å². The molecule has 0 saturated heterocycles. The first-order valence-corrected chi connectivity index (χ1v) is 5.93. The highest BCUT2D eigenvalue weighted by atomic mass is 32.1. The molecule has 0 unspecified atom stereocenters. The van der Waals surface area contributed by atoms with Crippen molar-refractivity contribution in [2.24, 2.45) is 0 Å². The molecular formula is C11H16O2S. The maximum absolute atomic E-state index is 10.8. The van der Waals surface area contributed by atoms with Crippen LogP contribution in [0.15, 0.2) is 11.4 Å². The number of carbonyl (C=O) groups is 1. The standard InChI is InChI=1S/C11H16O2S/c1-2-3-4-5-6-10-9(11(12)13)7-8-14-10/h7-8H,2-6H2,1H3,(H,12,13). The fraction of sp³-hybridized carbons (Fsp3) is 0.545. The second kappa shape index (κ2) is 5.81. The molecular weight excluding hydrogens is 196 g/mol. The van der Waals surface area contributed by atoms with Crippen LogP contribution in [0.1, 0.15) is 47.8 Å². The van der Waals surface area contributed by atoms with Gasteiger partial charge in [0.1, 0.15) is 0 Å². The molecule has 0 bridgehead atoms. The van der Waals surface area contributed by atoms with Crippen LogP contribution >= 0.6 is 11.3 Å². The second-order valence-electron chi connectivity index (χ2n) is 3.37. The largest absolute Gasteiger partial charge is 0.478 e. The van der Waals surface area contributed by atoms with Crippen molar-refractivity contribution in [3.8, 4) is 0 Å². The summed E-state index contributed by atoms with van der Waals surface area (Å²) in [5.74, 6) is -0.795. The van der Waals surface area contributed by atoms with Gasteiger partial charge in [-0.2, -0.15) is 0 Å². The lowest BCUT2D eigenvalue weighted by Gasteiger charge is -1.99. The van der Waals surface area contributed by atoms with Crippen molar-refractivity contribution in [1.29, 1.82) is 0 Å². The van der Waals surface area contributed by atoms with Gasteiger partial charge in [-0.1, -0.05) is 26.2 Å². The summed E-state index contributed by atoms with van der Waals surface area (Å²) in [5.41, 5.74) is 0.492. The molecule has 3 heteroatoms. The van der Waals surface area contributed by atoms with E-state index in [0.717, 1.165) is 17.7 Å². The molecule has 1 aromatic rings. The molecule has 78 valence electrons. The Morgan fingerprint density at radius 2 is 2.21 bits per heavy atom. The van der Waals surface area contributed by atoms with Crippen LogP contribution in [0.2, 0.25) is 0 Å². The zero-order valence-electron chi connectivity index (χ0n) is 8.45. The van der Waals surface area contributed by atoms with Crippen molar-refractivity contribution < 1.29 is 9.90 Å². The Balaban J connectivity index is 2.42. The highest BCUT2D eigenvalue weighted by molar-refractivity contribution is 7.10. The number of carboxylic acids is 1. The first-order valence-electron chi connectivity index (χ1n) is 5.05. The van der Waals surface area contributed by atoms with Crippen LogP contribution in [0.4, 0.5) is 0 Å². The maximum Gasteiger partial charge on any atom is 0.336 e. The Hall–Kier alpha value is -0.830. The second-order valence-corrected chi connectivity index (χ2v) is 4.37. The molecule has 0 atom stereocenters. The first kappa shape index (κ1) is 11.2. The Morgan fingerprint density at radius 3 is 2.86 bits per heavy atom. The van der Waals surface area contributed by atoms with Gasteiger partial charge in [-0.15, -0.1) is 11.3 Å². The van der Waals surface area contributed by atoms with Gasteiger partial charge in [0.25, 0.3) is 0 Å². The monoisotopic (exact) mass is 212 g/mol. The highest BCUT2D eigenvalue weighted by Gasteiger charge is 2.10. The predicted octanol–water partition coefficient (Wildman–Crippen LogP) is 3.57. The molecule has 2 nitrogen and oxygen atoms in total. The van der Waals surface area contributed by atoms with Crippen LogP contribution in [0, 0.1) is 0 Å². The van der Waals surface area contributed by atoms with E-state index in [0.29, 0.717) is 5.56 Å². The van der Waals surface area contributed by atoms with Crippen LogP contribution in [0.5, 0.6) is 0 Å². The molecule has 0 radical (unpaired) electrons. The van der Waals surface area contributed by atoms with E-state index < -0.39 is 5.97 Å². The number of aryl methyl sites for hydroxylation is 1. The third-order valence-electron chi connectivity index (χ3n) is 2.23. The fourth-order valence-electron chi connectivity index (χ4n) is 1.44. The molecule has 14 heavy (non-hydrogen) atoms. The van der Waals surface area contributed by atoms with Crippen molar-refractivity contribution in [2.45, 2.75) is 39.0 Å². The van der Waals surface area contributed by atoms with E-state index in [-0.39, 0.29) is 0 Å². The van der Waals surface area contributed by atoms with Crippen LogP contribution in [0.3, 0.4) is 0 Å². The van der Waals surface area contributed by atoms with E-state index in [1.807, 2.05) is 5.38 Å². The van der Waals surface area contributed by atoms with E-state index in [1.165, 1.54) is 19.3 Å². The summed E-state index contributed by atoms with van der Waals surface area (Å²) in [6.45, 7) is 2.17. The Bertz CT molecular complexity index is 291. The van der Waals surface area contributed by atoms with Crippen LogP contribution in [-0.4, -0.2) is 11.1 Å². The zero-order valence-corrected chi connectivity index (χ0v) is 9.27. The Kier molecular flexibility index (Phi) is 4.66. The molecule has 1 N–H and O–H groups in total. The predicted molar refractivity (Wildman–Crippen MR) is 59.1 cm³/mol. The summed E-state index contributed by atoms with van der Waals surface area (Å²) in [7, 11) is 0. The third kappa shape index (κ3) is 3.14. The summed E-state index contributed by atoms with van der Waals surface area (Å²) in [5, 5.41) is 10.7. The van der Waals surface area contributed by atoms with E-state index in [9.17, 15) is 4.79 Å². The highest BCUT2D eigenvalue weighted by Crippen LogP contribution is 2.19. The fourth-order valence-corrected chi connectivity index (χ4v) is 2.35. The summed E-state index contributed by atoms with van der Waals surface area (Å²) >= 11 is 1.56. The minimum Gasteiger partial charge on any atom is -0.478 e. The average molecular weight is 212 g/mol. The van der Waals surface area contributed by atoms with E-state index in [1.54, 1.807) is 17.4 Å². The van der Waals surface area contributed by atoms with Gasteiger partial charge in [0.2, 0.25) is 0 Å². The Labute approximate surface area is 88.6 Å². The van der Waals surface area contributed by atoms with Crippen LogP contribution in [-0.2, 0) is 6.42 Å². The number of carboxylic acid groups (broad SMARTS) is 1. The lowest BCUT2D eigenvalue weighted by Crippen LogP contribution is -1.98. The lowest BCUT2D eigenvalue weighted by molar-refractivity contribution is 0.0696. The van der Waals surface area contributed by atoms with E-state index in [4.69, 9.17) is 5.11 Å². The molecule has 1 rings (SSSR count). The summed E-state index contributed by atoms with van der Waals surface area (Å²) in [6, 6.07) is 1.70. The van der Waals surface area contributed by atoms with Crippen molar-refractivity contribution in [2.75, 3.05) is 0 Å². The molecule has 0 aromatic carbocycles. The number of unbranched alkanes of at least 4 members (excludes halogenated alkanes) is 3. The molecule has 0 spiro atoms. The molecule has 0 aliphatic heterocycles. The number of hydrogen-bond acceptors (Lipinski definition) is 2. The molecule has 1 aromatic heterocycles. The minimum absolute atomic E-state index is 0.492. The molecule has 1 heterocycles. The molecule has 0 saturated carbocycles. The summed E-state index contributed by atoms with van der Waals surface area (Å²) in [4.78, 5) is 11.8. The van der Waals surface area contributed by atoms with Gasteiger partial charge < -0.3 is 5.11 Å². The van der Waals surface area contributed by atoms with Crippen molar-refractivity contribution in [3.63, 3.8) is 0 Å². The molecule has 0 amide bonds. The van der Waals surface area contributed by atoms with Gasteiger partial charge in [-0.25, -0.2) is 4.79 Å². The molecule has 0 fully saturated rings. The van der Waals surface area contributed by atoms with Gasteiger partial charge in [0.15, 0.2) is 0 Å². The van der Waals surface area contributed by atoms with Crippen LogP contribution < -0.4 is 0 Å². The van der Waals surface area contributed by atoms with Crippen molar-refractivity contribution in [3.05, 3.63) is 21.9 Å². The number of aromatic carboxylic acids is 1. The van der Waals surface area contributed by atoms with Crippen molar-refractivity contribution >= 4 is 17.3 Å². The third-order valence-corrected chi connectivity index (χ3v) is 3.21. The topological polar surface area (TPSA) is 37.3 Å². The van der Waals surface area contributed by atoms with Gasteiger partial charge in [-0.05, 0) is 24.3 Å². The maximum atomic E-state index is 10.8. The van der Waals surface area contributed by atoms with Crippen molar-refractivity contribution in [1.82, 2.24) is 0 Å². The van der Waals surface area contributed by atoms with E-state index >= 15 is 0 Å². The first-order chi connectivity index (χ1) is 6.75. The van der Waals surface area contributed by atoms with Crippen LogP contribution in [0.25, 0.3) is 0 Å². The minimum atomic E-state index is -0.795.